The Bertz CT molecular complexity index is 916. The van der Waals surface area contributed by atoms with Gasteiger partial charge in [0, 0.05) is 30.5 Å². The first-order chi connectivity index (χ1) is 12.2. The van der Waals surface area contributed by atoms with Gasteiger partial charge >= 0.3 is 0 Å². The topological polar surface area (TPSA) is 38.1 Å². The number of alkyl halides is 2. The molecule has 0 aliphatic heterocycles. The van der Waals surface area contributed by atoms with Crippen LogP contribution in [0.2, 0.25) is 0 Å². The highest BCUT2D eigenvalue weighted by Crippen LogP contribution is 2.19. The molecule has 6 heteroatoms. The van der Waals surface area contributed by atoms with Crippen LogP contribution in [-0.4, -0.2) is 34.4 Å². The number of aryl methyl sites for hydroxylation is 1. The van der Waals surface area contributed by atoms with Crippen molar-refractivity contribution < 1.29 is 0 Å². The van der Waals surface area contributed by atoms with Crippen molar-refractivity contribution in [1.82, 2.24) is 9.55 Å². The molecule has 25 heavy (non-hydrogen) atoms. The standard InChI is InChI=1S/C19H19Cl2N3O/c1-14-22-18-5-3-2-4-17(18)19(25)24(14)16-8-6-15(7-9-16)23(12-10-20)13-11-21/h2-9H,10-13H2,1H3. The highest BCUT2D eigenvalue weighted by Gasteiger charge is 2.11. The number of fused-ring (bicyclic) bond motifs is 1. The number of halogens is 2. The molecular formula is C19H19Cl2N3O. The minimum Gasteiger partial charge on any atom is -0.369 e. The first-order valence-corrected chi connectivity index (χ1v) is 9.18. The molecule has 0 N–H and O–H groups in total. The van der Waals surface area contributed by atoms with Gasteiger partial charge in [-0.25, -0.2) is 4.98 Å². The van der Waals surface area contributed by atoms with Crippen molar-refractivity contribution >= 4 is 39.8 Å². The molecule has 0 amide bonds. The van der Waals surface area contributed by atoms with Crippen molar-refractivity contribution in [2.75, 3.05) is 29.7 Å². The van der Waals surface area contributed by atoms with E-state index >= 15 is 0 Å². The van der Waals surface area contributed by atoms with E-state index in [-0.39, 0.29) is 5.56 Å². The van der Waals surface area contributed by atoms with E-state index in [0.29, 0.717) is 28.5 Å². The fraction of sp³-hybridized carbons (Fsp3) is 0.263. The Balaban J connectivity index is 2.03. The number of anilines is 1. The smallest absolute Gasteiger partial charge is 0.265 e. The second kappa shape index (κ2) is 7.89. The Labute approximate surface area is 156 Å². The van der Waals surface area contributed by atoms with E-state index in [1.54, 1.807) is 10.6 Å². The fourth-order valence-electron chi connectivity index (χ4n) is 2.93. The molecule has 0 radical (unpaired) electrons. The van der Waals surface area contributed by atoms with Crippen LogP contribution in [0.4, 0.5) is 5.69 Å². The summed E-state index contributed by atoms with van der Waals surface area (Å²) < 4.78 is 1.64. The van der Waals surface area contributed by atoms with Gasteiger partial charge in [0.1, 0.15) is 5.82 Å². The maximum absolute atomic E-state index is 12.9. The Morgan fingerprint density at radius 3 is 2.28 bits per heavy atom. The van der Waals surface area contributed by atoms with Crippen LogP contribution in [0.25, 0.3) is 16.6 Å². The van der Waals surface area contributed by atoms with Gasteiger partial charge in [0.2, 0.25) is 0 Å². The number of hydrogen-bond acceptors (Lipinski definition) is 3. The van der Waals surface area contributed by atoms with E-state index in [4.69, 9.17) is 23.2 Å². The lowest BCUT2D eigenvalue weighted by Gasteiger charge is -2.23. The lowest BCUT2D eigenvalue weighted by Crippen LogP contribution is -2.27. The predicted octanol–water partition coefficient (Wildman–Crippen LogP) is 3.98. The fourth-order valence-corrected chi connectivity index (χ4v) is 3.34. The number of benzene rings is 2. The molecule has 2 aromatic carbocycles. The second-order valence-electron chi connectivity index (χ2n) is 5.70. The molecule has 0 aliphatic rings. The van der Waals surface area contributed by atoms with Crippen molar-refractivity contribution in [1.29, 1.82) is 0 Å². The van der Waals surface area contributed by atoms with Gasteiger partial charge < -0.3 is 4.90 Å². The molecule has 4 nitrogen and oxygen atoms in total. The third kappa shape index (κ3) is 3.65. The largest absolute Gasteiger partial charge is 0.369 e. The molecule has 1 aromatic heterocycles. The van der Waals surface area contributed by atoms with Gasteiger partial charge in [0.05, 0.1) is 16.6 Å². The van der Waals surface area contributed by atoms with E-state index in [0.717, 1.165) is 24.5 Å². The monoisotopic (exact) mass is 375 g/mol. The molecule has 0 bridgehead atoms. The van der Waals surface area contributed by atoms with E-state index in [2.05, 4.69) is 9.88 Å². The highest BCUT2D eigenvalue weighted by atomic mass is 35.5. The van der Waals surface area contributed by atoms with E-state index < -0.39 is 0 Å². The van der Waals surface area contributed by atoms with Gasteiger partial charge in [-0.1, -0.05) is 12.1 Å². The summed E-state index contributed by atoms with van der Waals surface area (Å²) in [6.07, 6.45) is 0. The first kappa shape index (κ1) is 17.8. The molecule has 0 unspecified atom stereocenters. The normalized spacial score (nSPS) is 11.0. The molecule has 0 atom stereocenters. The van der Waals surface area contributed by atoms with Crippen molar-refractivity contribution in [3.05, 3.63) is 64.7 Å². The lowest BCUT2D eigenvalue weighted by molar-refractivity contribution is 0.868. The summed E-state index contributed by atoms with van der Waals surface area (Å²) in [7, 11) is 0. The van der Waals surface area contributed by atoms with Crippen molar-refractivity contribution in [2.45, 2.75) is 6.92 Å². The zero-order valence-electron chi connectivity index (χ0n) is 14.0. The zero-order valence-corrected chi connectivity index (χ0v) is 15.5. The van der Waals surface area contributed by atoms with Crippen LogP contribution < -0.4 is 10.5 Å². The van der Waals surface area contributed by atoms with Gasteiger partial charge in [0.25, 0.3) is 5.56 Å². The van der Waals surface area contributed by atoms with Crippen molar-refractivity contribution in [3.8, 4) is 5.69 Å². The van der Waals surface area contributed by atoms with Crippen molar-refractivity contribution in [3.63, 3.8) is 0 Å². The van der Waals surface area contributed by atoms with Crippen LogP contribution in [0.5, 0.6) is 0 Å². The quantitative estimate of drug-likeness (QED) is 0.611. The summed E-state index contributed by atoms with van der Waals surface area (Å²) in [5, 5.41) is 0.614. The van der Waals surface area contributed by atoms with Gasteiger partial charge in [0.15, 0.2) is 0 Å². The van der Waals surface area contributed by atoms with Gasteiger partial charge in [-0.2, -0.15) is 0 Å². The van der Waals surface area contributed by atoms with Crippen LogP contribution >= 0.6 is 23.2 Å². The van der Waals surface area contributed by atoms with E-state index in [1.165, 1.54) is 0 Å². The Hall–Kier alpha value is -2.04. The molecule has 0 saturated heterocycles. The van der Waals surface area contributed by atoms with Gasteiger partial charge in [-0.15, -0.1) is 23.2 Å². The number of nitrogens with zero attached hydrogens (tertiary/aromatic N) is 3. The summed E-state index contributed by atoms with van der Waals surface area (Å²) in [4.78, 5) is 19.5. The average molecular weight is 376 g/mol. The minimum absolute atomic E-state index is 0.0609. The third-order valence-corrected chi connectivity index (χ3v) is 4.46. The Morgan fingerprint density at radius 2 is 1.64 bits per heavy atom. The number of aromatic nitrogens is 2. The van der Waals surface area contributed by atoms with Gasteiger partial charge in [-0.05, 0) is 43.3 Å². The van der Waals surface area contributed by atoms with Crippen molar-refractivity contribution in [2.24, 2.45) is 0 Å². The molecular weight excluding hydrogens is 357 g/mol. The van der Waals surface area contributed by atoms with Crippen LogP contribution in [0.1, 0.15) is 5.82 Å². The zero-order chi connectivity index (χ0) is 17.8. The third-order valence-electron chi connectivity index (χ3n) is 4.13. The average Bonchev–Trinajstić information content (AvgIpc) is 2.62. The van der Waals surface area contributed by atoms with Crippen LogP contribution in [0, 0.1) is 6.92 Å². The first-order valence-electron chi connectivity index (χ1n) is 8.11. The molecule has 1 heterocycles. The number of para-hydroxylation sites is 1. The molecule has 0 aliphatic carbocycles. The van der Waals surface area contributed by atoms with Crippen LogP contribution in [0.15, 0.2) is 53.3 Å². The predicted molar refractivity (Wildman–Crippen MR) is 106 cm³/mol. The Kier molecular flexibility index (Phi) is 5.61. The SMILES string of the molecule is Cc1nc2ccccc2c(=O)n1-c1ccc(N(CCCl)CCCl)cc1. The summed E-state index contributed by atoms with van der Waals surface area (Å²) in [5.74, 6) is 1.73. The highest BCUT2D eigenvalue weighted by molar-refractivity contribution is 6.18. The molecule has 130 valence electrons. The van der Waals surface area contributed by atoms with E-state index in [9.17, 15) is 4.79 Å². The second-order valence-corrected chi connectivity index (χ2v) is 6.45. The summed E-state index contributed by atoms with van der Waals surface area (Å²) >= 11 is 11.7. The molecule has 0 saturated carbocycles. The minimum atomic E-state index is -0.0609. The maximum Gasteiger partial charge on any atom is 0.265 e. The number of rotatable bonds is 6. The Morgan fingerprint density at radius 1 is 1.00 bits per heavy atom. The van der Waals surface area contributed by atoms with Crippen LogP contribution in [0.3, 0.4) is 0 Å². The summed E-state index contributed by atoms with van der Waals surface area (Å²) in [5.41, 5.74) is 2.48. The summed E-state index contributed by atoms with van der Waals surface area (Å²) in [6.45, 7) is 3.29. The van der Waals surface area contributed by atoms with Crippen LogP contribution in [-0.2, 0) is 0 Å². The van der Waals surface area contributed by atoms with E-state index in [1.807, 2.05) is 49.4 Å². The number of hydrogen-bond donors (Lipinski definition) is 0. The summed E-state index contributed by atoms with van der Waals surface area (Å²) in [6, 6.07) is 15.2. The van der Waals surface area contributed by atoms with Gasteiger partial charge in [-0.3, -0.25) is 9.36 Å². The maximum atomic E-state index is 12.9. The molecule has 0 spiro atoms. The molecule has 3 rings (SSSR count). The molecule has 3 aromatic rings. The lowest BCUT2D eigenvalue weighted by atomic mass is 10.2. The molecule has 0 fully saturated rings.